The molecule has 0 atom stereocenters. The summed E-state index contributed by atoms with van der Waals surface area (Å²) in [5.74, 6) is 0.483. The molecular formula is C15H28N2O. The zero-order chi connectivity index (χ0) is 13.0. The van der Waals surface area contributed by atoms with Crippen LogP contribution >= 0.6 is 0 Å². The van der Waals surface area contributed by atoms with Crippen molar-refractivity contribution in [3.63, 3.8) is 0 Å². The first-order valence-electron chi connectivity index (χ1n) is 7.61. The molecule has 0 N–H and O–H groups in total. The molecule has 0 amide bonds. The molecule has 104 valence electrons. The minimum Gasteiger partial charge on any atom is -0.304 e. The van der Waals surface area contributed by atoms with E-state index in [0.717, 1.165) is 25.7 Å². The summed E-state index contributed by atoms with van der Waals surface area (Å²) in [5.41, 5.74) is 0.352. The van der Waals surface area contributed by atoms with E-state index >= 15 is 0 Å². The minimum absolute atomic E-state index is 0.352. The molecule has 0 aromatic rings. The quantitative estimate of drug-likeness (QED) is 0.767. The van der Waals surface area contributed by atoms with Crippen LogP contribution in [0.25, 0.3) is 0 Å². The van der Waals surface area contributed by atoms with Gasteiger partial charge in [-0.3, -0.25) is 9.69 Å². The zero-order valence-electron chi connectivity index (χ0n) is 12.1. The lowest BCUT2D eigenvalue weighted by atomic mass is 9.76. The van der Waals surface area contributed by atoms with Crippen molar-refractivity contribution in [2.24, 2.45) is 0 Å². The van der Waals surface area contributed by atoms with Gasteiger partial charge in [0.25, 0.3) is 0 Å². The third-order valence-corrected chi connectivity index (χ3v) is 4.91. The lowest BCUT2D eigenvalue weighted by Gasteiger charge is -2.49. The van der Waals surface area contributed by atoms with E-state index in [1.54, 1.807) is 0 Å². The summed E-state index contributed by atoms with van der Waals surface area (Å²) in [4.78, 5) is 16.7. The number of likely N-dealkylation sites (N-methyl/N-ethyl adjacent to an activating group) is 1. The van der Waals surface area contributed by atoms with E-state index in [1.807, 2.05) is 0 Å². The topological polar surface area (TPSA) is 23.6 Å². The van der Waals surface area contributed by atoms with Crippen LogP contribution in [-0.2, 0) is 4.79 Å². The van der Waals surface area contributed by atoms with E-state index in [1.165, 1.54) is 45.4 Å². The molecule has 1 aliphatic carbocycles. The summed E-state index contributed by atoms with van der Waals surface area (Å²) in [6.07, 6.45) is 7.71. The first-order chi connectivity index (χ1) is 8.66. The Balaban J connectivity index is 2.01. The van der Waals surface area contributed by atoms with Gasteiger partial charge in [-0.1, -0.05) is 19.8 Å². The Bertz CT molecular complexity index is 272. The van der Waals surface area contributed by atoms with Crippen molar-refractivity contribution >= 4 is 5.78 Å². The Kier molecular flexibility index (Phi) is 4.79. The highest BCUT2D eigenvalue weighted by molar-refractivity contribution is 5.79. The van der Waals surface area contributed by atoms with Crippen molar-refractivity contribution in [3.05, 3.63) is 0 Å². The van der Waals surface area contributed by atoms with Gasteiger partial charge in [0.1, 0.15) is 5.78 Å². The SMILES string of the molecule is CCCCC1(N2CCN(C)CC2)CCC(=O)CC1. The lowest BCUT2D eigenvalue weighted by Crippen LogP contribution is -2.57. The first kappa shape index (κ1) is 14.0. The maximum atomic E-state index is 11.5. The smallest absolute Gasteiger partial charge is 0.133 e. The van der Waals surface area contributed by atoms with Gasteiger partial charge in [0.15, 0.2) is 0 Å². The Morgan fingerprint density at radius 1 is 1.11 bits per heavy atom. The van der Waals surface area contributed by atoms with Gasteiger partial charge in [-0.15, -0.1) is 0 Å². The van der Waals surface area contributed by atoms with Crippen LogP contribution in [0.3, 0.4) is 0 Å². The van der Waals surface area contributed by atoms with E-state index in [4.69, 9.17) is 0 Å². The number of ketones is 1. The van der Waals surface area contributed by atoms with Crippen molar-refractivity contribution in [2.45, 2.75) is 57.4 Å². The van der Waals surface area contributed by atoms with Crippen LogP contribution in [0, 0.1) is 0 Å². The standard InChI is InChI=1S/C15H28N2O/c1-3-4-7-15(8-5-14(18)6-9-15)17-12-10-16(2)11-13-17/h3-13H2,1-2H3. The fraction of sp³-hybridized carbons (Fsp3) is 0.933. The third-order valence-electron chi connectivity index (χ3n) is 4.91. The fourth-order valence-corrected chi connectivity index (χ4v) is 3.51. The van der Waals surface area contributed by atoms with Crippen LogP contribution in [0.5, 0.6) is 0 Å². The van der Waals surface area contributed by atoms with Crippen molar-refractivity contribution in [3.8, 4) is 0 Å². The Labute approximate surface area is 112 Å². The van der Waals surface area contributed by atoms with E-state index in [2.05, 4.69) is 23.8 Å². The van der Waals surface area contributed by atoms with Gasteiger partial charge in [-0.25, -0.2) is 0 Å². The van der Waals surface area contributed by atoms with Crippen LogP contribution in [0.4, 0.5) is 0 Å². The molecule has 1 heterocycles. The molecule has 2 rings (SSSR count). The number of unbranched alkanes of at least 4 members (excludes halogenated alkanes) is 1. The van der Waals surface area contributed by atoms with E-state index in [9.17, 15) is 4.79 Å². The van der Waals surface area contributed by atoms with Gasteiger partial charge in [-0.05, 0) is 26.3 Å². The monoisotopic (exact) mass is 252 g/mol. The Hall–Kier alpha value is -0.410. The summed E-state index contributed by atoms with van der Waals surface area (Å²) >= 11 is 0. The van der Waals surface area contributed by atoms with E-state index in [-0.39, 0.29) is 0 Å². The predicted octanol–water partition coefficient (Wildman–Crippen LogP) is 2.31. The molecule has 3 heteroatoms. The predicted molar refractivity (Wildman–Crippen MR) is 74.8 cm³/mol. The number of hydrogen-bond acceptors (Lipinski definition) is 3. The van der Waals surface area contributed by atoms with Crippen LogP contribution < -0.4 is 0 Å². The van der Waals surface area contributed by atoms with Crippen molar-refractivity contribution in [1.29, 1.82) is 0 Å². The van der Waals surface area contributed by atoms with Crippen LogP contribution in [0.15, 0.2) is 0 Å². The number of Topliss-reactive ketones (excluding diaryl/α,β-unsaturated/α-hetero) is 1. The first-order valence-corrected chi connectivity index (χ1v) is 7.61. The molecule has 1 aliphatic heterocycles. The lowest BCUT2D eigenvalue weighted by molar-refractivity contribution is -0.124. The van der Waals surface area contributed by atoms with Gasteiger partial charge < -0.3 is 4.90 Å². The van der Waals surface area contributed by atoms with Gasteiger partial charge in [0, 0.05) is 44.6 Å². The van der Waals surface area contributed by atoms with E-state index in [0.29, 0.717) is 11.3 Å². The summed E-state index contributed by atoms with van der Waals surface area (Å²) in [6, 6.07) is 0. The second-order valence-corrected chi connectivity index (χ2v) is 6.16. The highest BCUT2D eigenvalue weighted by atomic mass is 16.1. The average molecular weight is 252 g/mol. The van der Waals surface area contributed by atoms with Gasteiger partial charge in [0.2, 0.25) is 0 Å². The highest BCUT2D eigenvalue weighted by Crippen LogP contribution is 2.37. The molecule has 0 aromatic carbocycles. The minimum atomic E-state index is 0.352. The van der Waals surface area contributed by atoms with Crippen molar-refractivity contribution in [2.75, 3.05) is 33.2 Å². The van der Waals surface area contributed by atoms with Crippen LogP contribution in [0.1, 0.15) is 51.9 Å². The number of piperazine rings is 1. The normalized spacial score (nSPS) is 26.4. The molecule has 2 fully saturated rings. The zero-order valence-corrected chi connectivity index (χ0v) is 12.1. The number of rotatable bonds is 4. The van der Waals surface area contributed by atoms with Gasteiger partial charge in [0.05, 0.1) is 0 Å². The maximum Gasteiger partial charge on any atom is 0.133 e. The Morgan fingerprint density at radius 3 is 2.28 bits per heavy atom. The molecule has 0 unspecified atom stereocenters. The summed E-state index contributed by atoms with van der Waals surface area (Å²) < 4.78 is 0. The molecule has 1 saturated carbocycles. The molecule has 0 bridgehead atoms. The number of nitrogens with zero attached hydrogens (tertiary/aromatic N) is 2. The number of hydrogen-bond donors (Lipinski definition) is 0. The second kappa shape index (κ2) is 6.16. The van der Waals surface area contributed by atoms with Crippen LogP contribution in [0.2, 0.25) is 0 Å². The molecule has 0 aromatic heterocycles. The largest absolute Gasteiger partial charge is 0.304 e. The summed E-state index contributed by atoms with van der Waals surface area (Å²) in [7, 11) is 2.21. The Morgan fingerprint density at radius 2 is 1.72 bits per heavy atom. The fourth-order valence-electron chi connectivity index (χ4n) is 3.51. The molecule has 0 spiro atoms. The second-order valence-electron chi connectivity index (χ2n) is 6.16. The molecule has 0 radical (unpaired) electrons. The van der Waals surface area contributed by atoms with Crippen molar-refractivity contribution in [1.82, 2.24) is 9.80 Å². The molecule has 18 heavy (non-hydrogen) atoms. The summed E-state index contributed by atoms with van der Waals surface area (Å²) in [5, 5.41) is 0. The molecule has 2 aliphatic rings. The van der Waals surface area contributed by atoms with Gasteiger partial charge in [-0.2, -0.15) is 0 Å². The van der Waals surface area contributed by atoms with Gasteiger partial charge >= 0.3 is 0 Å². The van der Waals surface area contributed by atoms with E-state index < -0.39 is 0 Å². The molecular weight excluding hydrogens is 224 g/mol. The highest BCUT2D eigenvalue weighted by Gasteiger charge is 2.39. The third kappa shape index (κ3) is 3.12. The molecule has 3 nitrogen and oxygen atoms in total. The average Bonchev–Trinajstić information content (AvgIpc) is 2.40. The number of carbonyl (C=O) groups is 1. The maximum absolute atomic E-state index is 11.5. The molecule has 1 saturated heterocycles. The summed E-state index contributed by atoms with van der Waals surface area (Å²) in [6.45, 7) is 7.01. The van der Waals surface area contributed by atoms with Crippen molar-refractivity contribution < 1.29 is 4.79 Å². The van der Waals surface area contributed by atoms with Crippen LogP contribution in [-0.4, -0.2) is 54.3 Å². The number of carbonyl (C=O) groups excluding carboxylic acids is 1.